The normalized spacial score (nSPS) is 8.58. The van der Waals surface area contributed by atoms with Gasteiger partial charge in [-0.3, -0.25) is 0 Å². The Kier molecular flexibility index (Phi) is 6.05. The highest BCUT2D eigenvalue weighted by atomic mass is 16.3. The minimum absolute atomic E-state index is 0.319. The van der Waals surface area contributed by atoms with Gasteiger partial charge in [0.25, 0.3) is 0 Å². The van der Waals surface area contributed by atoms with Gasteiger partial charge in [0, 0.05) is 13.7 Å². The molecule has 1 rings (SSSR count). The summed E-state index contributed by atoms with van der Waals surface area (Å²) in [4.78, 5) is 0. The lowest BCUT2D eigenvalue weighted by atomic mass is 10.2. The molecule has 0 saturated heterocycles. The topological polar surface area (TPSA) is 52.5 Å². The molecule has 0 heterocycles. The molecule has 0 aliphatic heterocycles. The number of hydrogen-bond donors (Lipinski definition) is 3. The number of phenols is 1. The average Bonchev–Trinajstić information content (AvgIpc) is 2.13. The van der Waals surface area contributed by atoms with Crippen molar-refractivity contribution in [2.24, 2.45) is 0 Å². The molecule has 3 nitrogen and oxygen atoms in total. The third-order valence-electron chi connectivity index (χ3n) is 1.32. The minimum atomic E-state index is 0.319. The van der Waals surface area contributed by atoms with Crippen LogP contribution in [0.2, 0.25) is 0 Å². The molecule has 0 amide bonds. The van der Waals surface area contributed by atoms with Crippen molar-refractivity contribution in [3.05, 3.63) is 29.8 Å². The molecular weight excluding hydrogens is 154 g/mol. The Hall–Kier alpha value is -1.06. The summed E-state index contributed by atoms with van der Waals surface area (Å²) in [6.45, 7) is 0.847. The molecule has 3 N–H and O–H groups in total. The van der Waals surface area contributed by atoms with E-state index in [9.17, 15) is 0 Å². The van der Waals surface area contributed by atoms with E-state index in [4.69, 9.17) is 10.2 Å². The van der Waals surface area contributed by atoms with E-state index < -0.39 is 0 Å². The second-order valence-electron chi connectivity index (χ2n) is 2.20. The lowest BCUT2D eigenvalue weighted by Gasteiger charge is -1.98. The molecule has 0 aliphatic rings. The number of hydrogen-bond acceptors (Lipinski definition) is 3. The maximum absolute atomic E-state index is 8.90. The van der Waals surface area contributed by atoms with Gasteiger partial charge in [0.15, 0.2) is 0 Å². The van der Waals surface area contributed by atoms with Gasteiger partial charge in [-0.2, -0.15) is 0 Å². The monoisotopic (exact) mass is 169 g/mol. The Balaban J connectivity index is 0.000000561. The van der Waals surface area contributed by atoms with Crippen LogP contribution >= 0.6 is 0 Å². The molecule has 0 aromatic heterocycles. The van der Waals surface area contributed by atoms with Gasteiger partial charge < -0.3 is 15.5 Å². The first kappa shape index (κ1) is 10.9. The molecule has 3 heteroatoms. The fraction of sp³-hybridized carbons (Fsp3) is 0.333. The van der Waals surface area contributed by atoms with E-state index in [0.29, 0.717) is 5.75 Å². The van der Waals surface area contributed by atoms with Crippen LogP contribution in [0.1, 0.15) is 5.56 Å². The fourth-order valence-corrected chi connectivity index (χ4v) is 0.818. The van der Waals surface area contributed by atoms with E-state index >= 15 is 0 Å². The Morgan fingerprint density at radius 3 is 2.08 bits per heavy atom. The zero-order chi connectivity index (χ0) is 9.40. The molecule has 0 spiro atoms. The van der Waals surface area contributed by atoms with Crippen molar-refractivity contribution in [2.75, 3.05) is 14.2 Å². The molecular formula is C9H15NO2. The first-order chi connectivity index (χ1) is 5.83. The van der Waals surface area contributed by atoms with Crippen LogP contribution in [0.15, 0.2) is 24.3 Å². The summed E-state index contributed by atoms with van der Waals surface area (Å²) in [6.07, 6.45) is 0. The first-order valence-electron chi connectivity index (χ1n) is 3.70. The van der Waals surface area contributed by atoms with Crippen LogP contribution in [0, 0.1) is 0 Å². The second-order valence-corrected chi connectivity index (χ2v) is 2.20. The SMILES string of the molecule is CNCc1ccc(O)cc1.CO. The maximum atomic E-state index is 8.90. The highest BCUT2D eigenvalue weighted by molar-refractivity contribution is 5.25. The van der Waals surface area contributed by atoms with Gasteiger partial charge in [-0.1, -0.05) is 12.1 Å². The highest BCUT2D eigenvalue weighted by Crippen LogP contribution is 2.08. The second kappa shape index (κ2) is 6.64. The fourth-order valence-electron chi connectivity index (χ4n) is 0.818. The number of nitrogens with one attached hydrogen (secondary N) is 1. The molecule has 12 heavy (non-hydrogen) atoms. The minimum Gasteiger partial charge on any atom is -0.508 e. The van der Waals surface area contributed by atoms with Gasteiger partial charge in [0.05, 0.1) is 0 Å². The molecule has 0 aliphatic carbocycles. The van der Waals surface area contributed by atoms with E-state index in [2.05, 4.69) is 5.32 Å². The summed E-state index contributed by atoms with van der Waals surface area (Å²) in [5, 5.41) is 18.9. The lowest BCUT2D eigenvalue weighted by Crippen LogP contribution is -2.04. The lowest BCUT2D eigenvalue weighted by molar-refractivity contribution is 0.399. The van der Waals surface area contributed by atoms with Crippen molar-refractivity contribution in [1.29, 1.82) is 0 Å². The predicted octanol–water partition coefficient (Wildman–Crippen LogP) is 0.720. The number of benzene rings is 1. The maximum Gasteiger partial charge on any atom is 0.115 e. The molecule has 0 bridgehead atoms. The van der Waals surface area contributed by atoms with Crippen molar-refractivity contribution >= 4 is 0 Å². The van der Waals surface area contributed by atoms with Crippen molar-refractivity contribution < 1.29 is 10.2 Å². The van der Waals surface area contributed by atoms with Gasteiger partial charge in [0.2, 0.25) is 0 Å². The summed E-state index contributed by atoms with van der Waals surface area (Å²) < 4.78 is 0. The van der Waals surface area contributed by atoms with Gasteiger partial charge in [0.1, 0.15) is 5.75 Å². The van der Waals surface area contributed by atoms with Crippen LogP contribution in [-0.2, 0) is 6.54 Å². The van der Waals surface area contributed by atoms with Crippen LogP contribution < -0.4 is 5.32 Å². The van der Waals surface area contributed by atoms with Gasteiger partial charge in [-0.25, -0.2) is 0 Å². The third kappa shape index (κ3) is 3.95. The van der Waals surface area contributed by atoms with Crippen LogP contribution in [0.5, 0.6) is 5.75 Å². The van der Waals surface area contributed by atoms with Crippen LogP contribution in [0.3, 0.4) is 0 Å². The summed E-state index contributed by atoms with van der Waals surface area (Å²) in [5.74, 6) is 0.319. The molecule has 1 aromatic rings. The quantitative estimate of drug-likeness (QED) is 0.611. The third-order valence-corrected chi connectivity index (χ3v) is 1.32. The van der Waals surface area contributed by atoms with E-state index in [1.54, 1.807) is 12.1 Å². The van der Waals surface area contributed by atoms with Crippen LogP contribution in [-0.4, -0.2) is 24.4 Å². The highest BCUT2D eigenvalue weighted by Gasteiger charge is 1.88. The van der Waals surface area contributed by atoms with Gasteiger partial charge in [-0.05, 0) is 24.7 Å². The molecule has 68 valence electrons. The van der Waals surface area contributed by atoms with E-state index in [0.717, 1.165) is 13.7 Å². The zero-order valence-corrected chi connectivity index (χ0v) is 7.41. The standard InChI is InChI=1S/C8H11NO.CH4O/c1-9-6-7-2-4-8(10)5-3-7;1-2/h2-5,9-10H,6H2,1H3;2H,1H3. The molecule has 1 aromatic carbocycles. The number of aliphatic hydroxyl groups is 1. The molecule has 0 fully saturated rings. The van der Waals surface area contributed by atoms with Crippen molar-refractivity contribution in [3.8, 4) is 5.75 Å². The Morgan fingerprint density at radius 2 is 1.67 bits per heavy atom. The van der Waals surface area contributed by atoms with E-state index in [-0.39, 0.29) is 0 Å². The van der Waals surface area contributed by atoms with Crippen molar-refractivity contribution in [2.45, 2.75) is 6.54 Å². The Morgan fingerprint density at radius 1 is 1.17 bits per heavy atom. The molecule has 0 radical (unpaired) electrons. The summed E-state index contributed by atoms with van der Waals surface area (Å²) >= 11 is 0. The van der Waals surface area contributed by atoms with Crippen LogP contribution in [0.4, 0.5) is 0 Å². The molecule has 0 unspecified atom stereocenters. The number of aliphatic hydroxyl groups excluding tert-OH is 1. The summed E-state index contributed by atoms with van der Waals surface area (Å²) in [7, 11) is 2.90. The Bertz CT molecular complexity index is 196. The van der Waals surface area contributed by atoms with E-state index in [1.807, 2.05) is 19.2 Å². The van der Waals surface area contributed by atoms with Gasteiger partial charge >= 0.3 is 0 Å². The van der Waals surface area contributed by atoms with E-state index in [1.165, 1.54) is 5.56 Å². The molecule has 0 atom stereocenters. The first-order valence-corrected chi connectivity index (χ1v) is 3.70. The van der Waals surface area contributed by atoms with Crippen molar-refractivity contribution in [1.82, 2.24) is 5.32 Å². The van der Waals surface area contributed by atoms with Crippen LogP contribution in [0.25, 0.3) is 0 Å². The van der Waals surface area contributed by atoms with Gasteiger partial charge in [-0.15, -0.1) is 0 Å². The Labute approximate surface area is 72.7 Å². The number of phenolic OH excluding ortho intramolecular Hbond substituents is 1. The summed E-state index contributed by atoms with van der Waals surface area (Å²) in [5.41, 5.74) is 1.18. The predicted molar refractivity (Wildman–Crippen MR) is 49.0 cm³/mol. The number of aromatic hydroxyl groups is 1. The average molecular weight is 169 g/mol. The molecule has 0 saturated carbocycles. The van der Waals surface area contributed by atoms with Crippen molar-refractivity contribution in [3.63, 3.8) is 0 Å². The summed E-state index contributed by atoms with van der Waals surface area (Å²) in [6, 6.07) is 7.16. The zero-order valence-electron chi connectivity index (χ0n) is 7.41. The largest absolute Gasteiger partial charge is 0.508 e. The number of rotatable bonds is 2. The smallest absolute Gasteiger partial charge is 0.115 e.